The van der Waals surface area contributed by atoms with Gasteiger partial charge >= 0.3 is 12.1 Å². The van der Waals surface area contributed by atoms with E-state index in [9.17, 15) is 21.6 Å². The topological polar surface area (TPSA) is 143 Å². The maximum absolute atomic E-state index is 12.8. The predicted molar refractivity (Wildman–Crippen MR) is 118 cm³/mol. The van der Waals surface area contributed by atoms with Crippen LogP contribution in [0.25, 0.3) is 11.0 Å². The monoisotopic (exact) mass is 510 g/mol. The summed E-state index contributed by atoms with van der Waals surface area (Å²) in [5.41, 5.74) is 3.23. The maximum atomic E-state index is 12.8. The number of hydrogen-bond acceptors (Lipinski definition) is 7. The molecule has 1 aliphatic rings. The number of H-pyrrole nitrogens is 1. The number of carboxylic acid groups (broad SMARTS) is 1. The molecular formula is C21H21F3N6O4S. The zero-order valence-electron chi connectivity index (χ0n) is 18.4. The molecule has 1 aromatic carbocycles. The van der Waals surface area contributed by atoms with Crippen molar-refractivity contribution < 1.29 is 31.5 Å². The molecule has 1 aliphatic heterocycles. The molecule has 0 aliphatic carbocycles. The number of halogens is 3. The lowest BCUT2D eigenvalue weighted by molar-refractivity contribution is -0.192. The van der Waals surface area contributed by atoms with Crippen molar-refractivity contribution in [2.24, 2.45) is 0 Å². The Bertz CT molecular complexity index is 1340. The molecule has 35 heavy (non-hydrogen) atoms. The Morgan fingerprint density at radius 1 is 1.20 bits per heavy atom. The number of nitrogens with one attached hydrogen (secondary N) is 1. The summed E-state index contributed by atoms with van der Waals surface area (Å²) >= 11 is 0. The Morgan fingerprint density at radius 3 is 2.34 bits per heavy atom. The molecule has 4 rings (SSSR count). The number of sulfonamides is 1. The SMILES string of the molecule is Cc1[nH]nc2ncc(CN3CCN(S(=O)(=O)c4ccc(C#N)cc4)CC3)cc12.O=C(O)C(F)(F)F. The first-order valence-corrected chi connectivity index (χ1v) is 11.7. The number of aromatic nitrogens is 3. The van der Waals surface area contributed by atoms with E-state index in [4.69, 9.17) is 15.2 Å². The first-order valence-electron chi connectivity index (χ1n) is 10.2. The van der Waals surface area contributed by atoms with Crippen LogP contribution in [0.3, 0.4) is 0 Å². The van der Waals surface area contributed by atoms with Crippen LogP contribution in [0.5, 0.6) is 0 Å². The zero-order chi connectivity index (χ0) is 25.8. The summed E-state index contributed by atoms with van der Waals surface area (Å²) in [5.74, 6) is -2.76. The lowest BCUT2D eigenvalue weighted by Gasteiger charge is -2.34. The highest BCUT2D eigenvalue weighted by Gasteiger charge is 2.38. The van der Waals surface area contributed by atoms with E-state index in [1.165, 1.54) is 28.6 Å². The summed E-state index contributed by atoms with van der Waals surface area (Å²) in [6.07, 6.45) is -3.26. The van der Waals surface area contributed by atoms with Crippen LogP contribution < -0.4 is 0 Å². The second kappa shape index (κ2) is 10.4. The molecule has 0 amide bonds. The molecule has 3 heterocycles. The summed E-state index contributed by atoms with van der Waals surface area (Å²) in [6, 6.07) is 10.1. The molecule has 10 nitrogen and oxygen atoms in total. The van der Waals surface area contributed by atoms with Gasteiger partial charge in [-0.1, -0.05) is 0 Å². The van der Waals surface area contributed by atoms with E-state index in [1.807, 2.05) is 19.2 Å². The Balaban J connectivity index is 0.000000429. The van der Waals surface area contributed by atoms with Crippen LogP contribution >= 0.6 is 0 Å². The molecular weight excluding hydrogens is 489 g/mol. The molecule has 1 fully saturated rings. The summed E-state index contributed by atoms with van der Waals surface area (Å²) in [6.45, 7) is 4.85. The van der Waals surface area contributed by atoms with Crippen molar-refractivity contribution in [3.63, 3.8) is 0 Å². The molecule has 0 saturated carbocycles. The van der Waals surface area contributed by atoms with Crippen LogP contribution in [0.1, 0.15) is 16.8 Å². The minimum Gasteiger partial charge on any atom is -0.475 e. The highest BCUT2D eigenvalue weighted by atomic mass is 32.2. The molecule has 1 saturated heterocycles. The molecule has 3 aromatic rings. The molecule has 0 unspecified atom stereocenters. The van der Waals surface area contributed by atoms with Gasteiger partial charge < -0.3 is 5.11 Å². The quantitative estimate of drug-likeness (QED) is 0.544. The average molecular weight is 510 g/mol. The molecule has 2 aromatic heterocycles. The number of rotatable bonds is 4. The number of nitriles is 1. The number of carbonyl (C=O) groups is 1. The van der Waals surface area contributed by atoms with Gasteiger partial charge in [0.25, 0.3) is 0 Å². The number of nitrogens with zero attached hydrogens (tertiary/aromatic N) is 5. The number of benzene rings is 1. The fraction of sp³-hybridized carbons (Fsp3) is 0.333. The van der Waals surface area contributed by atoms with E-state index in [1.54, 1.807) is 0 Å². The summed E-state index contributed by atoms with van der Waals surface area (Å²) in [7, 11) is -3.54. The van der Waals surface area contributed by atoms with E-state index < -0.39 is 22.2 Å². The number of piperazine rings is 1. The number of pyridine rings is 1. The van der Waals surface area contributed by atoms with Crippen molar-refractivity contribution in [3.8, 4) is 6.07 Å². The minimum atomic E-state index is -5.08. The van der Waals surface area contributed by atoms with Gasteiger partial charge in [-0.3, -0.25) is 10.00 Å². The van der Waals surface area contributed by atoms with Gasteiger partial charge in [0.2, 0.25) is 10.0 Å². The second-order valence-electron chi connectivity index (χ2n) is 7.68. The molecule has 0 radical (unpaired) electrons. The predicted octanol–water partition coefficient (Wildman–Crippen LogP) is 2.28. The molecule has 186 valence electrons. The summed E-state index contributed by atoms with van der Waals surface area (Å²) in [4.78, 5) is 15.7. The van der Waals surface area contributed by atoms with Crippen molar-refractivity contribution in [3.05, 3.63) is 53.3 Å². The first-order chi connectivity index (χ1) is 16.4. The van der Waals surface area contributed by atoms with E-state index >= 15 is 0 Å². The van der Waals surface area contributed by atoms with Crippen LogP contribution in [-0.2, 0) is 21.4 Å². The number of aromatic amines is 1. The van der Waals surface area contributed by atoms with Gasteiger partial charge in [0.1, 0.15) is 0 Å². The van der Waals surface area contributed by atoms with E-state index in [0.717, 1.165) is 23.2 Å². The largest absolute Gasteiger partial charge is 0.490 e. The fourth-order valence-corrected chi connectivity index (χ4v) is 4.81. The lowest BCUT2D eigenvalue weighted by atomic mass is 10.2. The average Bonchev–Trinajstić information content (AvgIpc) is 3.19. The Morgan fingerprint density at radius 2 is 1.80 bits per heavy atom. The zero-order valence-corrected chi connectivity index (χ0v) is 19.3. The Hall–Kier alpha value is -3.54. The lowest BCUT2D eigenvalue weighted by Crippen LogP contribution is -2.48. The third-order valence-corrected chi connectivity index (χ3v) is 7.17. The van der Waals surface area contributed by atoms with Crippen molar-refractivity contribution in [1.82, 2.24) is 24.4 Å². The highest BCUT2D eigenvalue weighted by molar-refractivity contribution is 7.89. The molecule has 0 bridgehead atoms. The maximum Gasteiger partial charge on any atom is 0.490 e. The fourth-order valence-electron chi connectivity index (χ4n) is 3.39. The van der Waals surface area contributed by atoms with Crippen LogP contribution in [-0.4, -0.2) is 76.2 Å². The minimum absolute atomic E-state index is 0.227. The standard InChI is InChI=1S/C19H20N6O2S.C2HF3O2/c1-14-18-10-16(12-21-19(18)23-22-14)13-24-6-8-25(9-7-24)28(26,27)17-4-2-15(11-20)3-5-17;3-2(4,5)1(6)7/h2-5,10,12H,6-9,13H2,1H3,(H,21,22,23);(H,6,7). The van der Waals surface area contributed by atoms with Crippen molar-refractivity contribution in [1.29, 1.82) is 5.26 Å². The van der Waals surface area contributed by atoms with Crippen LogP contribution in [0, 0.1) is 18.3 Å². The highest BCUT2D eigenvalue weighted by Crippen LogP contribution is 2.20. The molecule has 0 atom stereocenters. The van der Waals surface area contributed by atoms with Gasteiger partial charge in [-0.15, -0.1) is 0 Å². The molecule has 2 N–H and O–H groups in total. The second-order valence-corrected chi connectivity index (χ2v) is 9.62. The summed E-state index contributed by atoms with van der Waals surface area (Å²) < 4.78 is 58.9. The third kappa shape index (κ3) is 6.32. The van der Waals surface area contributed by atoms with Gasteiger partial charge in [0.05, 0.1) is 16.5 Å². The Kier molecular flexibility index (Phi) is 7.73. The number of alkyl halides is 3. The molecule has 0 spiro atoms. The smallest absolute Gasteiger partial charge is 0.475 e. The van der Waals surface area contributed by atoms with Gasteiger partial charge in [-0.2, -0.15) is 27.8 Å². The van der Waals surface area contributed by atoms with E-state index in [0.29, 0.717) is 37.4 Å². The van der Waals surface area contributed by atoms with E-state index in [2.05, 4.69) is 26.1 Å². The van der Waals surface area contributed by atoms with Gasteiger partial charge in [0, 0.05) is 50.0 Å². The number of hydrogen-bond donors (Lipinski definition) is 2. The normalized spacial score (nSPS) is 15.3. The number of aliphatic carboxylic acids is 1. The van der Waals surface area contributed by atoms with Gasteiger partial charge in [0.15, 0.2) is 5.65 Å². The van der Waals surface area contributed by atoms with Crippen molar-refractivity contribution >= 4 is 27.0 Å². The van der Waals surface area contributed by atoms with Gasteiger partial charge in [-0.25, -0.2) is 18.2 Å². The Labute approximate surface area is 198 Å². The van der Waals surface area contributed by atoms with E-state index in [-0.39, 0.29) is 4.90 Å². The van der Waals surface area contributed by atoms with Gasteiger partial charge in [-0.05, 0) is 42.8 Å². The molecule has 14 heteroatoms. The first kappa shape index (κ1) is 26.1. The van der Waals surface area contributed by atoms with Crippen LogP contribution in [0.15, 0.2) is 41.4 Å². The third-order valence-electron chi connectivity index (χ3n) is 5.26. The van der Waals surface area contributed by atoms with Crippen LogP contribution in [0.2, 0.25) is 0 Å². The van der Waals surface area contributed by atoms with Crippen LogP contribution in [0.4, 0.5) is 13.2 Å². The number of aryl methyl sites for hydroxylation is 1. The number of fused-ring (bicyclic) bond motifs is 1. The van der Waals surface area contributed by atoms with Crippen molar-refractivity contribution in [2.75, 3.05) is 26.2 Å². The van der Waals surface area contributed by atoms with Crippen molar-refractivity contribution in [2.45, 2.75) is 24.5 Å². The summed E-state index contributed by atoms with van der Waals surface area (Å²) in [5, 5.41) is 24.1. The number of carboxylic acids is 1.